The van der Waals surface area contributed by atoms with E-state index in [1.165, 1.54) is 161 Å². The van der Waals surface area contributed by atoms with E-state index >= 15 is 0 Å². The first-order chi connectivity index (χ1) is 30.0. The average molecular weight is 858 g/mol. The van der Waals surface area contributed by atoms with Crippen molar-refractivity contribution >= 4 is 11.9 Å². The van der Waals surface area contributed by atoms with Crippen LogP contribution in [0.3, 0.4) is 0 Å². The van der Waals surface area contributed by atoms with Crippen molar-refractivity contribution in [3.8, 4) is 0 Å². The molecular weight excluding hydrogens is 755 g/mol. The van der Waals surface area contributed by atoms with Gasteiger partial charge in [-0.15, -0.1) is 0 Å². The highest BCUT2D eigenvalue weighted by Gasteiger charge is 2.24. The Hall–Kier alpha value is -1.92. The minimum absolute atomic E-state index is 0.0554. The highest BCUT2D eigenvalue weighted by Crippen LogP contribution is 2.18. The Labute approximate surface area is 379 Å². The number of hydrogen-bond donors (Lipinski definition) is 3. The number of unbranched alkanes of at least 4 members (excludes halogenated alkanes) is 30. The Bertz CT molecular complexity index is 1010. The van der Waals surface area contributed by atoms with Crippen LogP contribution in [0.25, 0.3) is 0 Å². The molecule has 0 saturated heterocycles. The van der Waals surface area contributed by atoms with Crippen LogP contribution >= 0.6 is 0 Å². The lowest BCUT2D eigenvalue weighted by Gasteiger charge is -2.24. The molecule has 0 aromatic heterocycles. The second-order valence-electron chi connectivity index (χ2n) is 18.3. The Morgan fingerprint density at radius 1 is 0.475 bits per heavy atom. The molecule has 0 aromatic carbocycles. The average Bonchev–Trinajstić information content (AvgIpc) is 3.25. The molecule has 0 aliphatic rings. The first-order valence-electron chi connectivity index (χ1n) is 26.7. The summed E-state index contributed by atoms with van der Waals surface area (Å²) in [6, 6.07) is -0.711. The Kier molecular flexibility index (Phi) is 47.6. The Morgan fingerprint density at radius 3 is 1.28 bits per heavy atom. The topological polar surface area (TPSA) is 95.9 Å². The fraction of sp³-hybridized carbons (Fsp3) is 0.855. The molecule has 0 heterocycles. The van der Waals surface area contributed by atoms with Gasteiger partial charge in [0.25, 0.3) is 0 Å². The lowest BCUT2D eigenvalue weighted by molar-refractivity contribution is -0.151. The molecule has 0 saturated carbocycles. The van der Waals surface area contributed by atoms with E-state index < -0.39 is 18.2 Å². The number of esters is 1. The monoisotopic (exact) mass is 858 g/mol. The molecule has 1 amide bonds. The van der Waals surface area contributed by atoms with Gasteiger partial charge in [-0.2, -0.15) is 0 Å². The van der Waals surface area contributed by atoms with Crippen molar-refractivity contribution in [3.05, 3.63) is 36.5 Å². The summed E-state index contributed by atoms with van der Waals surface area (Å²) < 4.78 is 5.91. The van der Waals surface area contributed by atoms with Crippen LogP contribution in [-0.4, -0.2) is 46.9 Å². The Morgan fingerprint density at radius 2 is 0.836 bits per heavy atom. The van der Waals surface area contributed by atoms with E-state index in [4.69, 9.17) is 4.74 Å². The van der Waals surface area contributed by atoms with Crippen molar-refractivity contribution in [3.63, 3.8) is 0 Å². The number of aliphatic hydroxyl groups excluding tert-OH is 2. The summed E-state index contributed by atoms with van der Waals surface area (Å²) in [5, 5.41) is 23.8. The normalized spacial score (nSPS) is 13.5. The fourth-order valence-corrected chi connectivity index (χ4v) is 8.14. The molecule has 3 atom stereocenters. The second-order valence-corrected chi connectivity index (χ2v) is 18.3. The highest BCUT2D eigenvalue weighted by molar-refractivity contribution is 5.77. The number of nitrogens with one attached hydrogen (secondary N) is 1. The van der Waals surface area contributed by atoms with Gasteiger partial charge in [-0.1, -0.05) is 237 Å². The summed E-state index contributed by atoms with van der Waals surface area (Å²) in [6.07, 6.45) is 57.8. The summed E-state index contributed by atoms with van der Waals surface area (Å²) in [5.41, 5.74) is 0. The summed E-state index contributed by atoms with van der Waals surface area (Å²) in [6.45, 7) is 6.45. The Balaban J connectivity index is 4.54. The summed E-state index contributed by atoms with van der Waals surface area (Å²) in [4.78, 5) is 26.1. The lowest BCUT2D eigenvalue weighted by atomic mass is 10.0. The van der Waals surface area contributed by atoms with Gasteiger partial charge < -0.3 is 20.3 Å². The molecule has 6 nitrogen and oxygen atoms in total. The van der Waals surface area contributed by atoms with E-state index in [-0.39, 0.29) is 24.9 Å². The molecular formula is C55H103NO5. The van der Waals surface area contributed by atoms with E-state index in [0.717, 1.165) is 70.6 Å². The molecule has 0 aliphatic carbocycles. The number of amides is 1. The minimum Gasteiger partial charge on any atom is -0.462 e. The van der Waals surface area contributed by atoms with Gasteiger partial charge in [0.1, 0.15) is 6.10 Å². The fourth-order valence-electron chi connectivity index (χ4n) is 8.14. The molecule has 0 aliphatic heterocycles. The van der Waals surface area contributed by atoms with Crippen LogP contribution in [0.1, 0.15) is 278 Å². The standard InChI is InChI=1S/C55H103NO5/c1-4-7-10-13-16-19-22-24-26-27-29-31-33-35-38-41-44-47-53(58)52(50-57)56-54(59)49-51(61-55(60)48-45-42-39-36-21-18-15-12-9-6-3)46-43-40-37-34-32-30-28-25-23-20-17-14-11-8-5-2/h17,20,25,28,32,34,51-53,57-58H,4-16,18-19,21-24,26-27,29-31,33,35-50H2,1-3H3,(H,56,59)/b20-17-,28-25-,34-32-. The van der Waals surface area contributed by atoms with Gasteiger partial charge >= 0.3 is 5.97 Å². The molecule has 0 bridgehead atoms. The van der Waals surface area contributed by atoms with Crippen molar-refractivity contribution in [2.75, 3.05) is 6.61 Å². The minimum atomic E-state index is -0.795. The quantitative estimate of drug-likeness (QED) is 0.0322. The third kappa shape index (κ3) is 44.5. The first kappa shape index (κ1) is 59.1. The molecule has 0 aromatic rings. The molecule has 0 spiro atoms. The zero-order valence-corrected chi connectivity index (χ0v) is 40.8. The number of rotatable bonds is 48. The van der Waals surface area contributed by atoms with E-state index in [1.54, 1.807) is 0 Å². The van der Waals surface area contributed by atoms with E-state index in [0.29, 0.717) is 19.3 Å². The van der Waals surface area contributed by atoms with Gasteiger partial charge in [-0.3, -0.25) is 9.59 Å². The molecule has 0 fully saturated rings. The largest absolute Gasteiger partial charge is 0.462 e. The van der Waals surface area contributed by atoms with Gasteiger partial charge in [0.05, 0.1) is 25.2 Å². The van der Waals surface area contributed by atoms with E-state index in [9.17, 15) is 19.8 Å². The van der Waals surface area contributed by atoms with Crippen LogP contribution in [0.5, 0.6) is 0 Å². The number of carbonyl (C=O) groups excluding carboxylic acids is 2. The van der Waals surface area contributed by atoms with Crippen molar-refractivity contribution < 1.29 is 24.5 Å². The zero-order chi connectivity index (χ0) is 44.5. The van der Waals surface area contributed by atoms with Gasteiger partial charge in [-0.25, -0.2) is 0 Å². The smallest absolute Gasteiger partial charge is 0.306 e. The third-order valence-electron chi connectivity index (χ3n) is 12.2. The number of aliphatic hydroxyl groups is 2. The third-order valence-corrected chi connectivity index (χ3v) is 12.2. The lowest BCUT2D eigenvalue weighted by Crippen LogP contribution is -2.46. The second kappa shape index (κ2) is 49.1. The van der Waals surface area contributed by atoms with E-state index in [1.807, 2.05) is 0 Å². The van der Waals surface area contributed by atoms with Crippen LogP contribution in [0.2, 0.25) is 0 Å². The molecule has 0 radical (unpaired) electrons. The van der Waals surface area contributed by atoms with Crippen LogP contribution in [0.4, 0.5) is 0 Å². The van der Waals surface area contributed by atoms with Crippen LogP contribution in [0, 0.1) is 0 Å². The highest BCUT2D eigenvalue weighted by atomic mass is 16.5. The number of ether oxygens (including phenoxy) is 1. The van der Waals surface area contributed by atoms with Crippen molar-refractivity contribution in [1.29, 1.82) is 0 Å². The molecule has 358 valence electrons. The summed E-state index contributed by atoms with van der Waals surface area (Å²) >= 11 is 0. The predicted molar refractivity (Wildman–Crippen MR) is 264 cm³/mol. The molecule has 3 N–H and O–H groups in total. The maximum absolute atomic E-state index is 13.2. The maximum atomic E-state index is 13.2. The predicted octanol–water partition coefficient (Wildman–Crippen LogP) is 16.1. The van der Waals surface area contributed by atoms with Crippen LogP contribution in [0.15, 0.2) is 36.5 Å². The van der Waals surface area contributed by atoms with Gasteiger partial charge in [0, 0.05) is 6.42 Å². The molecule has 3 unspecified atom stereocenters. The van der Waals surface area contributed by atoms with Gasteiger partial charge in [-0.05, 0) is 64.2 Å². The SMILES string of the molecule is CCCCC/C=C\C/C=C\C/C=C\CCCCC(CC(=O)NC(CO)C(O)CCCCCCCCCCCCCCCCCCC)OC(=O)CCCCCCCCCCCC. The van der Waals surface area contributed by atoms with Crippen molar-refractivity contribution in [1.82, 2.24) is 5.32 Å². The van der Waals surface area contributed by atoms with Gasteiger partial charge in [0.15, 0.2) is 0 Å². The maximum Gasteiger partial charge on any atom is 0.306 e. The number of carbonyl (C=O) groups is 2. The number of hydrogen-bond acceptors (Lipinski definition) is 5. The van der Waals surface area contributed by atoms with Crippen LogP contribution in [-0.2, 0) is 14.3 Å². The van der Waals surface area contributed by atoms with E-state index in [2.05, 4.69) is 62.5 Å². The zero-order valence-electron chi connectivity index (χ0n) is 40.8. The number of allylic oxidation sites excluding steroid dienone is 6. The first-order valence-corrected chi connectivity index (χ1v) is 26.7. The summed E-state index contributed by atoms with van der Waals surface area (Å²) in [7, 11) is 0. The molecule has 6 heteroatoms. The van der Waals surface area contributed by atoms with Crippen molar-refractivity contribution in [2.45, 2.75) is 296 Å². The van der Waals surface area contributed by atoms with Gasteiger partial charge in [0.2, 0.25) is 5.91 Å². The van der Waals surface area contributed by atoms with Crippen molar-refractivity contribution in [2.24, 2.45) is 0 Å². The molecule has 61 heavy (non-hydrogen) atoms. The molecule has 0 rings (SSSR count). The van der Waals surface area contributed by atoms with Crippen LogP contribution < -0.4 is 5.32 Å². The summed E-state index contributed by atoms with van der Waals surface area (Å²) in [5.74, 6) is -0.503.